The van der Waals surface area contributed by atoms with Crippen molar-refractivity contribution in [1.82, 2.24) is 9.80 Å². The highest BCUT2D eigenvalue weighted by molar-refractivity contribution is 5.77. The molecule has 2 atom stereocenters. The molecule has 3 heterocycles. The Morgan fingerprint density at radius 2 is 1.82 bits per heavy atom. The number of halogens is 3. The lowest BCUT2D eigenvalue weighted by Crippen LogP contribution is -2.55. The van der Waals surface area contributed by atoms with E-state index in [9.17, 15) is 18.0 Å². The van der Waals surface area contributed by atoms with Crippen LogP contribution in [-0.2, 0) is 24.1 Å². The topological polar surface area (TPSA) is 36.7 Å². The van der Waals surface area contributed by atoms with E-state index in [0.717, 1.165) is 55.7 Å². The van der Waals surface area contributed by atoms with Crippen molar-refractivity contribution in [2.75, 3.05) is 13.1 Å². The number of likely N-dealkylation sites (tertiary alicyclic amines) is 2. The van der Waals surface area contributed by atoms with Crippen LogP contribution in [0.3, 0.4) is 0 Å². The third-order valence-corrected chi connectivity index (χ3v) is 5.85. The van der Waals surface area contributed by atoms with Crippen LogP contribution in [0.1, 0.15) is 36.0 Å². The van der Waals surface area contributed by atoms with Gasteiger partial charge in [0.2, 0.25) is 5.91 Å². The Morgan fingerprint density at radius 3 is 2.50 bits per heavy atom. The summed E-state index contributed by atoms with van der Waals surface area (Å²) < 4.78 is 43.4. The second kappa shape index (κ2) is 7.62. The molecule has 4 nitrogen and oxygen atoms in total. The average molecular weight is 392 g/mol. The lowest BCUT2D eigenvalue weighted by Gasteiger charge is -2.47. The molecule has 1 amide bonds. The van der Waals surface area contributed by atoms with E-state index in [1.165, 1.54) is 12.1 Å². The molecule has 1 aromatic carbocycles. The molecule has 0 bridgehead atoms. The number of hydrogen-bond donors (Lipinski definition) is 0. The molecule has 0 spiro atoms. The largest absolute Gasteiger partial charge is 0.472 e. The summed E-state index contributed by atoms with van der Waals surface area (Å²) >= 11 is 0. The highest BCUT2D eigenvalue weighted by Crippen LogP contribution is 2.34. The highest BCUT2D eigenvalue weighted by atomic mass is 19.4. The maximum atomic E-state index is 12.8. The number of piperidine rings is 2. The van der Waals surface area contributed by atoms with E-state index in [1.54, 1.807) is 12.5 Å². The van der Waals surface area contributed by atoms with Crippen molar-refractivity contribution in [3.05, 3.63) is 59.5 Å². The lowest BCUT2D eigenvalue weighted by molar-refractivity contribution is -0.142. The standard InChI is InChI=1S/C21H23F3N2O2/c22-21(23,24)18-4-1-15(2-5-18)12-26-19-7-9-25(11-16-8-10-28-14-16)13-17(19)3-6-20(26)27/h1-2,4-5,8,10,14,17,19H,3,6-7,9,11-13H2/t17-,19+/m1/s1. The van der Waals surface area contributed by atoms with Gasteiger partial charge in [0.15, 0.2) is 0 Å². The number of furan rings is 1. The summed E-state index contributed by atoms with van der Waals surface area (Å²) in [5.41, 5.74) is 1.22. The van der Waals surface area contributed by atoms with Crippen LogP contribution in [0.2, 0.25) is 0 Å². The molecule has 1 aromatic heterocycles. The molecule has 2 aromatic rings. The van der Waals surface area contributed by atoms with Gasteiger partial charge in [0, 0.05) is 44.2 Å². The molecule has 4 rings (SSSR count). The van der Waals surface area contributed by atoms with E-state index in [4.69, 9.17) is 4.42 Å². The first-order chi connectivity index (χ1) is 13.4. The van der Waals surface area contributed by atoms with Crippen LogP contribution in [0, 0.1) is 5.92 Å². The smallest absolute Gasteiger partial charge is 0.416 e. The van der Waals surface area contributed by atoms with Crippen molar-refractivity contribution in [3.8, 4) is 0 Å². The number of alkyl halides is 3. The SMILES string of the molecule is O=C1CC[C@@H]2CN(Cc3ccoc3)CC[C@@H]2N1Cc1ccc(C(F)(F)F)cc1. The zero-order chi connectivity index (χ0) is 19.7. The fourth-order valence-electron chi connectivity index (χ4n) is 4.41. The minimum absolute atomic E-state index is 0.101. The Morgan fingerprint density at radius 1 is 1.04 bits per heavy atom. The van der Waals surface area contributed by atoms with Gasteiger partial charge in [-0.25, -0.2) is 0 Å². The molecule has 0 aliphatic carbocycles. The van der Waals surface area contributed by atoms with E-state index in [2.05, 4.69) is 4.90 Å². The Kier molecular flexibility index (Phi) is 5.19. The van der Waals surface area contributed by atoms with Gasteiger partial charge in [-0.15, -0.1) is 0 Å². The van der Waals surface area contributed by atoms with Gasteiger partial charge in [-0.3, -0.25) is 9.69 Å². The Bertz CT molecular complexity index is 802. The Labute approximate surface area is 161 Å². The molecule has 0 radical (unpaired) electrons. The summed E-state index contributed by atoms with van der Waals surface area (Å²) in [6, 6.07) is 7.27. The number of carbonyl (C=O) groups excluding carboxylic acids is 1. The van der Waals surface area contributed by atoms with Gasteiger partial charge >= 0.3 is 6.18 Å². The fraction of sp³-hybridized carbons (Fsp3) is 0.476. The number of hydrogen-bond acceptors (Lipinski definition) is 3. The zero-order valence-electron chi connectivity index (χ0n) is 15.5. The summed E-state index contributed by atoms with van der Waals surface area (Å²) in [5, 5.41) is 0. The third-order valence-electron chi connectivity index (χ3n) is 5.85. The minimum Gasteiger partial charge on any atom is -0.472 e. The molecule has 0 saturated carbocycles. The van der Waals surface area contributed by atoms with Crippen LogP contribution >= 0.6 is 0 Å². The second-order valence-corrected chi connectivity index (χ2v) is 7.74. The number of fused-ring (bicyclic) bond motifs is 1. The van der Waals surface area contributed by atoms with Crippen molar-refractivity contribution in [3.63, 3.8) is 0 Å². The number of rotatable bonds is 4. The van der Waals surface area contributed by atoms with Crippen molar-refractivity contribution >= 4 is 5.91 Å². The van der Waals surface area contributed by atoms with Crippen LogP contribution in [0.25, 0.3) is 0 Å². The first kappa shape index (κ1) is 19.1. The second-order valence-electron chi connectivity index (χ2n) is 7.74. The van der Waals surface area contributed by atoms with E-state index >= 15 is 0 Å². The molecule has 0 N–H and O–H groups in total. The lowest BCUT2D eigenvalue weighted by atomic mass is 9.83. The fourth-order valence-corrected chi connectivity index (χ4v) is 4.41. The number of amides is 1. The molecule has 2 saturated heterocycles. The molecule has 2 aliphatic heterocycles. The summed E-state index contributed by atoms with van der Waals surface area (Å²) in [6.45, 7) is 3.03. The van der Waals surface area contributed by atoms with Crippen LogP contribution in [0.15, 0.2) is 47.3 Å². The van der Waals surface area contributed by atoms with Gasteiger partial charge in [-0.2, -0.15) is 13.2 Å². The quantitative estimate of drug-likeness (QED) is 0.778. The monoisotopic (exact) mass is 392 g/mol. The van der Waals surface area contributed by atoms with Crippen molar-refractivity contribution in [1.29, 1.82) is 0 Å². The van der Waals surface area contributed by atoms with Crippen LogP contribution < -0.4 is 0 Å². The summed E-state index contributed by atoms with van der Waals surface area (Å²) in [5.74, 6) is 0.497. The molecular weight excluding hydrogens is 369 g/mol. The van der Waals surface area contributed by atoms with Gasteiger partial charge < -0.3 is 9.32 Å². The van der Waals surface area contributed by atoms with Gasteiger partial charge in [0.1, 0.15) is 0 Å². The molecule has 2 aliphatic rings. The summed E-state index contributed by atoms with van der Waals surface area (Å²) in [7, 11) is 0. The first-order valence-corrected chi connectivity index (χ1v) is 9.59. The van der Waals surface area contributed by atoms with Gasteiger partial charge in [0.25, 0.3) is 0 Å². The van der Waals surface area contributed by atoms with Crippen LogP contribution in [-0.4, -0.2) is 34.8 Å². The summed E-state index contributed by atoms with van der Waals surface area (Å²) in [4.78, 5) is 16.8. The van der Waals surface area contributed by atoms with Gasteiger partial charge in [-0.1, -0.05) is 12.1 Å². The normalized spacial score (nSPS) is 23.7. The van der Waals surface area contributed by atoms with E-state index < -0.39 is 11.7 Å². The van der Waals surface area contributed by atoms with E-state index in [0.29, 0.717) is 18.9 Å². The third kappa shape index (κ3) is 4.09. The maximum Gasteiger partial charge on any atom is 0.416 e. The predicted octanol–water partition coefficient (Wildman–Crippen LogP) is 4.31. The van der Waals surface area contributed by atoms with E-state index in [1.807, 2.05) is 11.0 Å². The Balaban J connectivity index is 1.42. The van der Waals surface area contributed by atoms with Crippen LogP contribution in [0.4, 0.5) is 13.2 Å². The molecule has 0 unspecified atom stereocenters. The van der Waals surface area contributed by atoms with Crippen LogP contribution in [0.5, 0.6) is 0 Å². The van der Waals surface area contributed by atoms with Crippen molar-refractivity contribution < 1.29 is 22.4 Å². The summed E-state index contributed by atoms with van der Waals surface area (Å²) in [6.07, 6.45) is 1.35. The molecule has 2 fully saturated rings. The number of benzene rings is 1. The van der Waals surface area contributed by atoms with Gasteiger partial charge in [-0.05, 0) is 42.5 Å². The predicted molar refractivity (Wildman–Crippen MR) is 97.1 cm³/mol. The molecule has 7 heteroatoms. The van der Waals surface area contributed by atoms with Crippen molar-refractivity contribution in [2.45, 2.75) is 44.6 Å². The highest BCUT2D eigenvalue weighted by Gasteiger charge is 2.39. The minimum atomic E-state index is -4.34. The molecular formula is C21H23F3N2O2. The maximum absolute atomic E-state index is 12.8. The average Bonchev–Trinajstić information content (AvgIpc) is 3.17. The van der Waals surface area contributed by atoms with Crippen molar-refractivity contribution in [2.24, 2.45) is 5.92 Å². The van der Waals surface area contributed by atoms with E-state index in [-0.39, 0.29) is 11.9 Å². The zero-order valence-corrected chi connectivity index (χ0v) is 15.5. The molecule has 150 valence electrons. The Hall–Kier alpha value is -2.28. The first-order valence-electron chi connectivity index (χ1n) is 9.59. The number of carbonyl (C=O) groups is 1. The number of nitrogens with zero attached hydrogens (tertiary/aromatic N) is 2. The molecule has 28 heavy (non-hydrogen) atoms. The van der Waals surface area contributed by atoms with Gasteiger partial charge in [0.05, 0.1) is 18.1 Å².